The standard InChI is InChI=1S/C14H20N4O4/c1-3-16-8-9-18(10(2)13(16)21)12(20)5-7-17-6-4-11(19)15-14(17)22/h4,6,10H,3,5,7-9H2,1-2H3,(H,15,19,22)/t10-/m0/s1. The topological polar surface area (TPSA) is 95.5 Å². The molecule has 8 heteroatoms. The van der Waals surface area contributed by atoms with Gasteiger partial charge in [0.05, 0.1) is 0 Å². The number of aromatic amines is 1. The third-order valence-electron chi connectivity index (χ3n) is 3.91. The molecule has 8 nitrogen and oxygen atoms in total. The number of hydrogen-bond donors (Lipinski definition) is 1. The first-order valence-corrected chi connectivity index (χ1v) is 7.32. The van der Waals surface area contributed by atoms with Crippen LogP contribution in [-0.4, -0.2) is 56.8 Å². The highest BCUT2D eigenvalue weighted by Gasteiger charge is 2.33. The third kappa shape index (κ3) is 3.26. The lowest BCUT2D eigenvalue weighted by molar-refractivity contribution is -0.150. The van der Waals surface area contributed by atoms with E-state index in [-0.39, 0.29) is 24.8 Å². The highest BCUT2D eigenvalue weighted by molar-refractivity contribution is 5.88. The average Bonchev–Trinajstić information content (AvgIpc) is 2.48. The second-order valence-electron chi connectivity index (χ2n) is 5.23. The molecule has 0 aromatic carbocycles. The van der Waals surface area contributed by atoms with Gasteiger partial charge in [0.2, 0.25) is 11.8 Å². The van der Waals surface area contributed by atoms with E-state index in [2.05, 4.69) is 4.98 Å². The van der Waals surface area contributed by atoms with E-state index in [1.54, 1.807) is 16.7 Å². The minimum atomic E-state index is -0.541. The van der Waals surface area contributed by atoms with E-state index in [1.165, 1.54) is 16.8 Å². The van der Waals surface area contributed by atoms with Crippen molar-refractivity contribution in [2.75, 3.05) is 19.6 Å². The molecule has 1 aromatic heterocycles. The molecule has 1 aliphatic rings. The number of amides is 2. The summed E-state index contributed by atoms with van der Waals surface area (Å²) < 4.78 is 1.27. The van der Waals surface area contributed by atoms with Crippen LogP contribution in [0.25, 0.3) is 0 Å². The monoisotopic (exact) mass is 308 g/mol. The zero-order chi connectivity index (χ0) is 16.3. The van der Waals surface area contributed by atoms with Gasteiger partial charge in [0.25, 0.3) is 5.56 Å². The smallest absolute Gasteiger partial charge is 0.328 e. The molecule has 2 amide bonds. The summed E-state index contributed by atoms with van der Waals surface area (Å²) in [6.45, 7) is 5.46. The van der Waals surface area contributed by atoms with E-state index < -0.39 is 17.3 Å². The van der Waals surface area contributed by atoms with Gasteiger partial charge in [-0.2, -0.15) is 0 Å². The average molecular weight is 308 g/mol. The SMILES string of the molecule is CCN1CCN(C(=O)CCn2ccc(=O)[nH]c2=O)[C@@H](C)C1=O. The fourth-order valence-electron chi connectivity index (χ4n) is 2.56. The molecule has 2 heterocycles. The molecule has 2 rings (SSSR count). The Kier molecular flexibility index (Phi) is 4.79. The molecule has 0 bridgehead atoms. The van der Waals surface area contributed by atoms with Crippen LogP contribution in [0.3, 0.4) is 0 Å². The molecule has 0 unspecified atom stereocenters. The Bertz CT molecular complexity index is 678. The van der Waals surface area contributed by atoms with E-state index in [4.69, 9.17) is 0 Å². The Morgan fingerprint density at radius 3 is 2.68 bits per heavy atom. The van der Waals surface area contributed by atoms with Crippen molar-refractivity contribution in [3.8, 4) is 0 Å². The van der Waals surface area contributed by atoms with Crippen LogP contribution in [-0.2, 0) is 16.1 Å². The number of piperazine rings is 1. The van der Waals surface area contributed by atoms with Crippen molar-refractivity contribution in [3.63, 3.8) is 0 Å². The number of likely N-dealkylation sites (N-methyl/N-ethyl adjacent to an activating group) is 1. The van der Waals surface area contributed by atoms with Crippen LogP contribution in [0.2, 0.25) is 0 Å². The molecule has 1 aliphatic heterocycles. The van der Waals surface area contributed by atoms with E-state index in [9.17, 15) is 19.2 Å². The van der Waals surface area contributed by atoms with Gasteiger partial charge < -0.3 is 14.4 Å². The van der Waals surface area contributed by atoms with Gasteiger partial charge in [0.15, 0.2) is 0 Å². The number of nitrogens with one attached hydrogen (secondary N) is 1. The molecule has 0 spiro atoms. The first-order chi connectivity index (χ1) is 10.4. The Hall–Kier alpha value is -2.38. The minimum Gasteiger partial charge on any atom is -0.339 e. The van der Waals surface area contributed by atoms with Gasteiger partial charge in [0.1, 0.15) is 6.04 Å². The van der Waals surface area contributed by atoms with Crippen LogP contribution in [0.5, 0.6) is 0 Å². The van der Waals surface area contributed by atoms with Crippen molar-refractivity contribution in [2.45, 2.75) is 32.9 Å². The Morgan fingerprint density at radius 2 is 2.05 bits per heavy atom. The van der Waals surface area contributed by atoms with Crippen LogP contribution >= 0.6 is 0 Å². The molecule has 0 radical (unpaired) electrons. The zero-order valence-corrected chi connectivity index (χ0v) is 12.7. The molecule has 0 aliphatic carbocycles. The molecule has 22 heavy (non-hydrogen) atoms. The number of carbonyl (C=O) groups excluding carboxylic acids is 2. The molecule has 1 N–H and O–H groups in total. The number of hydrogen-bond acceptors (Lipinski definition) is 4. The highest BCUT2D eigenvalue weighted by atomic mass is 16.2. The second-order valence-corrected chi connectivity index (χ2v) is 5.23. The van der Waals surface area contributed by atoms with Crippen LogP contribution in [0.1, 0.15) is 20.3 Å². The van der Waals surface area contributed by atoms with Crippen molar-refractivity contribution >= 4 is 11.8 Å². The van der Waals surface area contributed by atoms with Crippen molar-refractivity contribution in [3.05, 3.63) is 33.1 Å². The summed E-state index contributed by atoms with van der Waals surface area (Å²) in [5.74, 6) is -0.224. The lowest BCUT2D eigenvalue weighted by Crippen LogP contribution is -2.57. The molecule has 1 aromatic rings. The lowest BCUT2D eigenvalue weighted by Gasteiger charge is -2.38. The van der Waals surface area contributed by atoms with Gasteiger partial charge in [-0.3, -0.25) is 19.4 Å². The number of rotatable bonds is 4. The summed E-state index contributed by atoms with van der Waals surface area (Å²) in [7, 11) is 0. The van der Waals surface area contributed by atoms with Gasteiger partial charge in [-0.15, -0.1) is 0 Å². The van der Waals surface area contributed by atoms with Gasteiger partial charge in [-0.1, -0.05) is 0 Å². The van der Waals surface area contributed by atoms with Crippen LogP contribution < -0.4 is 11.2 Å². The fraction of sp³-hybridized carbons (Fsp3) is 0.571. The van der Waals surface area contributed by atoms with Gasteiger partial charge >= 0.3 is 5.69 Å². The first kappa shape index (κ1) is 16.0. The Morgan fingerprint density at radius 1 is 1.32 bits per heavy atom. The molecule has 0 saturated carbocycles. The van der Waals surface area contributed by atoms with Crippen LogP contribution in [0, 0.1) is 0 Å². The number of nitrogens with zero attached hydrogens (tertiary/aromatic N) is 3. The largest absolute Gasteiger partial charge is 0.339 e. The summed E-state index contributed by atoms with van der Waals surface area (Å²) >= 11 is 0. The van der Waals surface area contributed by atoms with E-state index >= 15 is 0 Å². The predicted molar refractivity (Wildman–Crippen MR) is 79.4 cm³/mol. The number of H-pyrrole nitrogens is 1. The summed E-state index contributed by atoms with van der Waals surface area (Å²) in [6, 6.07) is 0.756. The number of carbonyl (C=O) groups is 2. The summed E-state index contributed by atoms with van der Waals surface area (Å²) in [5.41, 5.74) is -1.01. The lowest BCUT2D eigenvalue weighted by atomic mass is 10.1. The third-order valence-corrected chi connectivity index (χ3v) is 3.91. The normalized spacial score (nSPS) is 18.6. The predicted octanol–water partition coefficient (Wildman–Crippen LogP) is -0.994. The van der Waals surface area contributed by atoms with Crippen molar-refractivity contribution in [1.82, 2.24) is 19.4 Å². The zero-order valence-electron chi connectivity index (χ0n) is 12.7. The maximum Gasteiger partial charge on any atom is 0.328 e. The van der Waals surface area contributed by atoms with E-state index in [1.807, 2.05) is 6.92 Å². The number of aryl methyl sites for hydroxylation is 1. The van der Waals surface area contributed by atoms with Gasteiger partial charge in [-0.05, 0) is 13.8 Å². The van der Waals surface area contributed by atoms with Gasteiger partial charge in [-0.25, -0.2) is 4.79 Å². The molecule has 1 atom stereocenters. The summed E-state index contributed by atoms with van der Waals surface area (Å²) in [4.78, 5) is 52.3. The fourth-order valence-corrected chi connectivity index (χ4v) is 2.56. The maximum atomic E-state index is 12.3. The van der Waals surface area contributed by atoms with Crippen molar-refractivity contribution in [2.24, 2.45) is 0 Å². The van der Waals surface area contributed by atoms with Crippen molar-refractivity contribution < 1.29 is 9.59 Å². The molecular formula is C14H20N4O4. The van der Waals surface area contributed by atoms with Crippen LogP contribution in [0.4, 0.5) is 0 Å². The minimum absolute atomic E-state index is 0.0525. The van der Waals surface area contributed by atoms with Crippen LogP contribution in [0.15, 0.2) is 21.9 Å². The van der Waals surface area contributed by atoms with Gasteiger partial charge in [0, 0.05) is 44.9 Å². The quantitative estimate of drug-likeness (QED) is 0.772. The Labute approximate surface area is 127 Å². The number of aromatic nitrogens is 2. The summed E-state index contributed by atoms with van der Waals surface area (Å²) in [6.07, 6.45) is 1.47. The molecule has 120 valence electrons. The first-order valence-electron chi connectivity index (χ1n) is 7.32. The van der Waals surface area contributed by atoms with E-state index in [0.717, 1.165) is 0 Å². The maximum absolute atomic E-state index is 12.3. The highest BCUT2D eigenvalue weighted by Crippen LogP contribution is 2.12. The van der Waals surface area contributed by atoms with Crippen molar-refractivity contribution in [1.29, 1.82) is 0 Å². The molecular weight excluding hydrogens is 288 g/mol. The molecule has 1 fully saturated rings. The summed E-state index contributed by atoms with van der Waals surface area (Å²) in [5, 5.41) is 0. The second kappa shape index (κ2) is 6.59. The Balaban J connectivity index is 1.99. The molecule has 1 saturated heterocycles. The van der Waals surface area contributed by atoms with E-state index in [0.29, 0.717) is 19.6 Å².